The molecule has 1 amide bonds. The largest absolute Gasteiger partial charge is 0.473 e. The van der Waals surface area contributed by atoms with E-state index in [2.05, 4.69) is 14.7 Å². The maximum atomic E-state index is 13.7. The van der Waals surface area contributed by atoms with Crippen LogP contribution in [0.25, 0.3) is 11.3 Å². The second-order valence-corrected chi connectivity index (χ2v) is 12.4. The SMILES string of the molecule is Cc1cccc(C)c1-c1cc2nc(n1)NS(=O)(=O)c1cccc(c1)C(=O)N(C1CC3(CC3)C1)C[C@@H](C)O2. The fourth-order valence-electron chi connectivity index (χ4n) is 5.68. The molecule has 1 aliphatic heterocycles. The first-order chi connectivity index (χ1) is 17.6. The summed E-state index contributed by atoms with van der Waals surface area (Å²) in [4.78, 5) is 24.5. The molecule has 3 aliphatic rings. The number of carbonyl (C=O) groups excluding carboxylic acids is 1. The third kappa shape index (κ3) is 4.45. The van der Waals surface area contributed by atoms with Crippen LogP contribution in [0, 0.1) is 19.3 Å². The summed E-state index contributed by atoms with van der Waals surface area (Å²) >= 11 is 0. The van der Waals surface area contributed by atoms with Crippen molar-refractivity contribution < 1.29 is 17.9 Å². The van der Waals surface area contributed by atoms with Gasteiger partial charge in [-0.05, 0) is 81.2 Å². The molecule has 2 fully saturated rings. The highest BCUT2D eigenvalue weighted by atomic mass is 32.2. The summed E-state index contributed by atoms with van der Waals surface area (Å²) in [6.45, 7) is 6.26. The second kappa shape index (κ2) is 8.55. The van der Waals surface area contributed by atoms with E-state index < -0.39 is 10.0 Å². The Hall–Kier alpha value is -3.46. The van der Waals surface area contributed by atoms with Crippen LogP contribution in [0.1, 0.15) is 54.1 Å². The lowest BCUT2D eigenvalue weighted by molar-refractivity contribution is 0.0268. The van der Waals surface area contributed by atoms with Crippen LogP contribution in [0.5, 0.6) is 5.88 Å². The number of nitrogens with one attached hydrogen (secondary N) is 1. The quantitative estimate of drug-likeness (QED) is 0.527. The van der Waals surface area contributed by atoms with E-state index in [1.54, 1.807) is 18.2 Å². The Morgan fingerprint density at radius 2 is 1.73 bits per heavy atom. The summed E-state index contributed by atoms with van der Waals surface area (Å²) in [7, 11) is -4.05. The molecule has 1 atom stereocenters. The maximum Gasteiger partial charge on any atom is 0.264 e. The number of rotatable bonds is 2. The average molecular weight is 519 g/mol. The van der Waals surface area contributed by atoms with E-state index in [-0.39, 0.29) is 34.8 Å². The lowest BCUT2D eigenvalue weighted by Crippen LogP contribution is -2.51. The van der Waals surface area contributed by atoms with E-state index in [0.29, 0.717) is 23.2 Å². The Kier molecular flexibility index (Phi) is 5.52. The van der Waals surface area contributed by atoms with Gasteiger partial charge in [-0.2, -0.15) is 4.98 Å². The topological polar surface area (TPSA) is 101 Å². The van der Waals surface area contributed by atoms with Crippen molar-refractivity contribution >= 4 is 21.9 Å². The van der Waals surface area contributed by atoms with E-state index in [1.165, 1.54) is 25.0 Å². The summed E-state index contributed by atoms with van der Waals surface area (Å²) in [5.74, 6) is -0.00500. The van der Waals surface area contributed by atoms with Crippen molar-refractivity contribution in [1.29, 1.82) is 0 Å². The van der Waals surface area contributed by atoms with Crippen LogP contribution in [0.2, 0.25) is 0 Å². The minimum absolute atomic E-state index is 0.0126. The molecule has 2 aromatic carbocycles. The molecule has 2 aliphatic carbocycles. The van der Waals surface area contributed by atoms with Gasteiger partial charge < -0.3 is 9.64 Å². The molecule has 0 saturated heterocycles. The van der Waals surface area contributed by atoms with Crippen molar-refractivity contribution in [3.63, 3.8) is 0 Å². The number of nitrogens with zero attached hydrogens (tertiary/aromatic N) is 3. The lowest BCUT2D eigenvalue weighted by atomic mass is 9.76. The van der Waals surface area contributed by atoms with Crippen LogP contribution in [0.15, 0.2) is 53.4 Å². The summed E-state index contributed by atoms with van der Waals surface area (Å²) in [5, 5.41) is 0. The number of fused-ring (bicyclic) bond motifs is 4. The zero-order chi connectivity index (χ0) is 25.9. The number of benzene rings is 2. The molecule has 1 N–H and O–H groups in total. The van der Waals surface area contributed by atoms with Crippen LogP contribution in [-0.4, -0.2) is 47.9 Å². The van der Waals surface area contributed by atoms with Gasteiger partial charge in [0.05, 0.1) is 17.1 Å². The van der Waals surface area contributed by atoms with E-state index in [9.17, 15) is 13.2 Å². The van der Waals surface area contributed by atoms with Crippen molar-refractivity contribution in [3.05, 3.63) is 65.2 Å². The Morgan fingerprint density at radius 3 is 2.43 bits per heavy atom. The molecule has 2 saturated carbocycles. The van der Waals surface area contributed by atoms with Crippen LogP contribution in [-0.2, 0) is 10.0 Å². The highest BCUT2D eigenvalue weighted by Crippen LogP contribution is 2.62. The molecular weight excluding hydrogens is 488 g/mol. The van der Waals surface area contributed by atoms with Crippen LogP contribution in [0.4, 0.5) is 5.95 Å². The third-order valence-corrected chi connectivity index (χ3v) is 9.15. The maximum absolute atomic E-state index is 13.7. The van der Waals surface area contributed by atoms with Crippen molar-refractivity contribution in [2.45, 2.75) is 63.5 Å². The van der Waals surface area contributed by atoms with Crippen molar-refractivity contribution in [1.82, 2.24) is 14.9 Å². The molecule has 0 radical (unpaired) electrons. The third-order valence-electron chi connectivity index (χ3n) is 7.83. The van der Waals surface area contributed by atoms with E-state index in [4.69, 9.17) is 4.74 Å². The molecular formula is C28H30N4O4S. The minimum Gasteiger partial charge on any atom is -0.473 e. The van der Waals surface area contributed by atoms with Crippen LogP contribution in [0.3, 0.4) is 0 Å². The van der Waals surface area contributed by atoms with Gasteiger partial charge in [0, 0.05) is 23.2 Å². The fraction of sp³-hybridized carbons (Fsp3) is 0.393. The molecule has 3 aromatic rings. The molecule has 9 heteroatoms. The second-order valence-electron chi connectivity index (χ2n) is 10.8. The summed E-state index contributed by atoms with van der Waals surface area (Å²) in [6, 6.07) is 14.0. The zero-order valence-corrected chi connectivity index (χ0v) is 22.0. The number of aromatic nitrogens is 2. The van der Waals surface area contributed by atoms with Gasteiger partial charge in [-0.15, -0.1) is 0 Å². The average Bonchev–Trinajstić information content (AvgIpc) is 3.62. The van der Waals surface area contributed by atoms with Crippen molar-refractivity contribution in [3.8, 4) is 17.1 Å². The number of carbonyl (C=O) groups is 1. The van der Waals surface area contributed by atoms with Gasteiger partial charge in [-0.3, -0.25) is 4.79 Å². The fourth-order valence-corrected chi connectivity index (χ4v) is 6.67. The molecule has 1 aromatic heterocycles. The zero-order valence-electron chi connectivity index (χ0n) is 21.2. The molecule has 1 spiro atoms. The summed E-state index contributed by atoms with van der Waals surface area (Å²) in [6.07, 6.45) is 4.05. The van der Waals surface area contributed by atoms with E-state index in [1.807, 2.05) is 43.9 Å². The Bertz CT molecular complexity index is 1490. The van der Waals surface area contributed by atoms with Crippen LogP contribution < -0.4 is 9.46 Å². The molecule has 192 valence electrons. The number of ether oxygens (including phenoxy) is 1. The molecule has 0 unspecified atom stereocenters. The summed E-state index contributed by atoms with van der Waals surface area (Å²) in [5.41, 5.74) is 4.23. The Labute approximate surface area is 217 Å². The number of hydrogen-bond acceptors (Lipinski definition) is 6. The van der Waals surface area contributed by atoms with E-state index >= 15 is 0 Å². The van der Waals surface area contributed by atoms with Gasteiger partial charge >= 0.3 is 0 Å². The number of hydrogen-bond donors (Lipinski definition) is 1. The molecule has 4 bridgehead atoms. The van der Waals surface area contributed by atoms with Gasteiger partial charge in [0.15, 0.2) is 0 Å². The first-order valence-electron chi connectivity index (χ1n) is 12.7. The summed E-state index contributed by atoms with van der Waals surface area (Å²) < 4.78 is 35.4. The van der Waals surface area contributed by atoms with Gasteiger partial charge in [0.25, 0.3) is 15.9 Å². The van der Waals surface area contributed by atoms with Crippen LogP contribution >= 0.6 is 0 Å². The number of anilines is 1. The molecule has 37 heavy (non-hydrogen) atoms. The standard InChI is InChI=1S/C28H30N4O4S/c1-17-6-4-7-18(2)25(17)23-13-24-30-27(29-23)31-37(34,35)22-9-5-8-20(12-22)26(33)32(16-19(3)36-24)21-14-28(15-21)10-11-28/h4-9,12-13,19,21H,10-11,14-16H2,1-3H3,(H,29,30,31)/t19-/m1/s1. The van der Waals surface area contributed by atoms with E-state index in [0.717, 1.165) is 29.5 Å². The number of aryl methyl sites for hydroxylation is 2. The monoisotopic (exact) mass is 518 g/mol. The first kappa shape index (κ1) is 23.9. The Morgan fingerprint density at radius 1 is 1.03 bits per heavy atom. The predicted molar refractivity (Wildman–Crippen MR) is 140 cm³/mol. The van der Waals surface area contributed by atoms with Crippen molar-refractivity contribution in [2.24, 2.45) is 5.41 Å². The number of sulfonamides is 1. The molecule has 6 rings (SSSR count). The normalized spacial score (nSPS) is 22.1. The predicted octanol–water partition coefficient (Wildman–Crippen LogP) is 4.73. The molecule has 8 nitrogen and oxygen atoms in total. The lowest BCUT2D eigenvalue weighted by Gasteiger charge is -2.44. The van der Waals surface area contributed by atoms with Gasteiger partial charge in [-0.1, -0.05) is 24.3 Å². The van der Waals surface area contributed by atoms with Gasteiger partial charge in [0.1, 0.15) is 6.10 Å². The van der Waals surface area contributed by atoms with Gasteiger partial charge in [0.2, 0.25) is 11.8 Å². The smallest absolute Gasteiger partial charge is 0.264 e. The highest BCUT2D eigenvalue weighted by molar-refractivity contribution is 7.92. The Balaban J connectivity index is 1.45. The first-order valence-corrected chi connectivity index (χ1v) is 14.2. The minimum atomic E-state index is -4.05. The van der Waals surface area contributed by atoms with Gasteiger partial charge in [-0.25, -0.2) is 18.1 Å². The number of amides is 1. The van der Waals surface area contributed by atoms with Crippen molar-refractivity contribution in [2.75, 3.05) is 11.3 Å². The molecule has 2 heterocycles. The highest BCUT2D eigenvalue weighted by Gasteiger charge is 2.55.